The first-order valence-corrected chi connectivity index (χ1v) is 17.8. The molecule has 1 aliphatic rings. The Kier molecular flexibility index (Phi) is 5.64. The number of furan rings is 3. The molecule has 0 amide bonds. The SMILES string of the molecule is c1ccc2cc(B3c4oc5ccccc5c4B(c4ccc(-n5c6ccccc6c6ccccc65)cc4)c4oc5ccc6occc6c5c43)ccc2c1. The van der Waals surface area contributed by atoms with Gasteiger partial charge in [0.1, 0.15) is 16.7 Å². The number of hydrogen-bond donors (Lipinski definition) is 0. The zero-order valence-electron chi connectivity index (χ0n) is 27.9. The Bertz CT molecular complexity index is 3160. The fourth-order valence-electron chi connectivity index (χ4n) is 9.08. The molecule has 0 radical (unpaired) electrons. The van der Waals surface area contributed by atoms with E-state index in [-0.39, 0.29) is 13.4 Å². The molecule has 7 aromatic carbocycles. The summed E-state index contributed by atoms with van der Waals surface area (Å²) in [5.41, 5.74) is 12.6. The average Bonchev–Trinajstić information content (AvgIpc) is 3.99. The molecule has 6 heteroatoms. The maximum atomic E-state index is 7.08. The summed E-state index contributed by atoms with van der Waals surface area (Å²) in [5, 5.41) is 8.15. The normalized spacial score (nSPS) is 12.9. The van der Waals surface area contributed by atoms with Crippen LogP contribution in [0, 0.1) is 0 Å². The molecule has 0 spiro atoms. The zero-order chi connectivity index (χ0) is 33.9. The van der Waals surface area contributed by atoms with Crippen LogP contribution in [0.1, 0.15) is 0 Å². The van der Waals surface area contributed by atoms with E-state index in [0.717, 1.165) is 66.3 Å². The van der Waals surface area contributed by atoms with Crippen LogP contribution in [-0.2, 0) is 0 Å². The summed E-state index contributed by atoms with van der Waals surface area (Å²) in [5.74, 6) is 0. The van der Waals surface area contributed by atoms with Gasteiger partial charge >= 0.3 is 0 Å². The number of fused-ring (bicyclic) bond motifs is 12. The molecule has 4 nitrogen and oxygen atoms in total. The zero-order valence-corrected chi connectivity index (χ0v) is 27.9. The van der Waals surface area contributed by atoms with Crippen molar-refractivity contribution in [2.45, 2.75) is 0 Å². The van der Waals surface area contributed by atoms with Crippen LogP contribution in [0.25, 0.3) is 71.2 Å². The van der Waals surface area contributed by atoms with E-state index in [9.17, 15) is 0 Å². The van der Waals surface area contributed by atoms with Gasteiger partial charge < -0.3 is 17.8 Å². The number of hydrogen-bond acceptors (Lipinski definition) is 3. The molecule has 5 heterocycles. The van der Waals surface area contributed by atoms with E-state index in [1.165, 1.54) is 38.0 Å². The van der Waals surface area contributed by atoms with Crippen LogP contribution < -0.4 is 33.2 Å². The van der Waals surface area contributed by atoms with Crippen molar-refractivity contribution >= 4 is 112 Å². The number of benzene rings is 7. The third-order valence-corrected chi connectivity index (χ3v) is 11.3. The van der Waals surface area contributed by atoms with Crippen LogP contribution in [0.2, 0.25) is 0 Å². The molecule has 0 N–H and O–H groups in total. The van der Waals surface area contributed by atoms with E-state index >= 15 is 0 Å². The minimum Gasteiger partial charge on any atom is -0.471 e. The first-order valence-electron chi connectivity index (χ1n) is 17.8. The Balaban J connectivity index is 1.13. The third-order valence-electron chi connectivity index (χ3n) is 11.3. The molecule has 11 aromatic rings. The smallest absolute Gasteiger partial charge is 0.290 e. The topological polar surface area (TPSA) is 44.4 Å². The van der Waals surface area contributed by atoms with Gasteiger partial charge in [0, 0.05) is 32.6 Å². The molecule has 0 saturated carbocycles. The van der Waals surface area contributed by atoms with Crippen molar-refractivity contribution in [1.29, 1.82) is 0 Å². The lowest BCUT2D eigenvalue weighted by atomic mass is 9.24. The molecule has 0 bridgehead atoms. The quantitative estimate of drug-likeness (QED) is 0.184. The molecule has 52 heavy (non-hydrogen) atoms. The highest BCUT2D eigenvalue weighted by Gasteiger charge is 2.47. The van der Waals surface area contributed by atoms with Crippen LogP contribution in [-0.4, -0.2) is 18.0 Å². The van der Waals surface area contributed by atoms with Crippen LogP contribution in [0.4, 0.5) is 0 Å². The lowest BCUT2D eigenvalue weighted by molar-refractivity contribution is 0.615. The summed E-state index contributed by atoms with van der Waals surface area (Å²) >= 11 is 0. The molecular weight excluding hydrogens is 636 g/mol. The minimum absolute atomic E-state index is 0.183. The van der Waals surface area contributed by atoms with Gasteiger partial charge in [0.05, 0.1) is 28.6 Å². The molecule has 240 valence electrons. The van der Waals surface area contributed by atoms with E-state index in [2.05, 4.69) is 156 Å². The highest BCUT2D eigenvalue weighted by molar-refractivity contribution is 7.12. The van der Waals surface area contributed by atoms with Crippen LogP contribution in [0.5, 0.6) is 0 Å². The van der Waals surface area contributed by atoms with Gasteiger partial charge in [-0.2, -0.15) is 0 Å². The van der Waals surface area contributed by atoms with Crippen molar-refractivity contribution in [1.82, 2.24) is 4.57 Å². The Morgan fingerprint density at radius 3 is 1.85 bits per heavy atom. The van der Waals surface area contributed by atoms with Crippen molar-refractivity contribution in [3.8, 4) is 5.69 Å². The number of aromatic nitrogens is 1. The molecule has 4 aromatic heterocycles. The first kappa shape index (κ1) is 28.1. The molecule has 1 aliphatic heterocycles. The minimum atomic E-state index is -0.188. The second-order valence-electron chi connectivity index (χ2n) is 14.0. The maximum Gasteiger partial charge on any atom is 0.290 e. The predicted molar refractivity (Wildman–Crippen MR) is 216 cm³/mol. The van der Waals surface area contributed by atoms with E-state index in [1.54, 1.807) is 6.26 Å². The van der Waals surface area contributed by atoms with Crippen LogP contribution in [0.15, 0.2) is 177 Å². The highest BCUT2D eigenvalue weighted by atomic mass is 16.3. The fourth-order valence-corrected chi connectivity index (χ4v) is 9.08. The third kappa shape index (κ3) is 3.78. The van der Waals surface area contributed by atoms with Gasteiger partial charge in [-0.15, -0.1) is 0 Å². The highest BCUT2D eigenvalue weighted by Crippen LogP contribution is 2.32. The second-order valence-corrected chi connectivity index (χ2v) is 14.0. The van der Waals surface area contributed by atoms with Gasteiger partial charge in [0.25, 0.3) is 13.4 Å². The van der Waals surface area contributed by atoms with Gasteiger partial charge in [0.2, 0.25) is 0 Å². The van der Waals surface area contributed by atoms with Gasteiger partial charge in [0.15, 0.2) is 0 Å². The van der Waals surface area contributed by atoms with E-state index in [1.807, 2.05) is 6.07 Å². The van der Waals surface area contributed by atoms with Gasteiger partial charge in [-0.05, 0) is 70.2 Å². The Hall–Kier alpha value is -6.65. The lowest BCUT2D eigenvalue weighted by Gasteiger charge is -2.25. The fraction of sp³-hybridized carbons (Fsp3) is 0. The number of rotatable bonds is 3. The van der Waals surface area contributed by atoms with Gasteiger partial charge in [-0.25, -0.2) is 0 Å². The van der Waals surface area contributed by atoms with Crippen LogP contribution >= 0.6 is 0 Å². The van der Waals surface area contributed by atoms with Crippen molar-refractivity contribution in [3.63, 3.8) is 0 Å². The monoisotopic (exact) mass is 663 g/mol. The maximum absolute atomic E-state index is 7.08. The Morgan fingerprint density at radius 1 is 0.423 bits per heavy atom. The van der Waals surface area contributed by atoms with E-state index in [4.69, 9.17) is 13.3 Å². The van der Waals surface area contributed by atoms with Gasteiger partial charge in [-0.3, -0.25) is 0 Å². The van der Waals surface area contributed by atoms with Crippen LogP contribution in [0.3, 0.4) is 0 Å². The second kappa shape index (κ2) is 10.4. The van der Waals surface area contributed by atoms with E-state index < -0.39 is 0 Å². The summed E-state index contributed by atoms with van der Waals surface area (Å²) in [6.07, 6.45) is 1.77. The summed E-state index contributed by atoms with van der Waals surface area (Å²) in [4.78, 5) is 0. The number of nitrogens with zero attached hydrogens (tertiary/aromatic N) is 1. The predicted octanol–water partition coefficient (Wildman–Crippen LogP) is 7.52. The molecule has 0 fully saturated rings. The van der Waals surface area contributed by atoms with Crippen molar-refractivity contribution in [2.75, 3.05) is 0 Å². The van der Waals surface area contributed by atoms with E-state index in [0.29, 0.717) is 0 Å². The summed E-state index contributed by atoms with van der Waals surface area (Å²) < 4.78 is 22.4. The largest absolute Gasteiger partial charge is 0.471 e. The summed E-state index contributed by atoms with van der Waals surface area (Å²) in [7, 11) is 0. The van der Waals surface area contributed by atoms with Crippen molar-refractivity contribution in [3.05, 3.63) is 164 Å². The summed E-state index contributed by atoms with van der Waals surface area (Å²) in [6.45, 7) is -0.371. The van der Waals surface area contributed by atoms with Crippen molar-refractivity contribution in [2.24, 2.45) is 0 Å². The van der Waals surface area contributed by atoms with Gasteiger partial charge in [-0.1, -0.05) is 120 Å². The molecular formula is C46H27B2NO3. The lowest BCUT2D eigenvalue weighted by Crippen LogP contribution is -2.73. The van der Waals surface area contributed by atoms with Crippen molar-refractivity contribution < 1.29 is 13.3 Å². The molecule has 0 unspecified atom stereocenters. The molecule has 0 saturated heterocycles. The molecule has 0 aliphatic carbocycles. The Morgan fingerprint density at radius 2 is 1.04 bits per heavy atom. The Labute approximate surface area is 298 Å². The first-order chi connectivity index (χ1) is 25.8. The number of para-hydroxylation sites is 3. The average molecular weight is 663 g/mol. The summed E-state index contributed by atoms with van der Waals surface area (Å²) in [6, 6.07) is 56.3. The molecule has 12 rings (SSSR count). The molecule has 0 atom stereocenters. The standard InChI is InChI=1S/C46H27B2NO3/c1-2-10-29-27-31(18-17-28(29)9-1)48-44-42-35-25-26-50-39(35)23-24-41(42)52-46(44)47(43-36-13-5-8-16-40(36)51-45(43)48)30-19-21-32(22-20-30)49-37-14-6-3-11-33(37)34-12-4-7-15-38(34)49/h1-27H.